The van der Waals surface area contributed by atoms with E-state index in [2.05, 4.69) is 9.47 Å². The van der Waals surface area contributed by atoms with Gasteiger partial charge in [-0.1, -0.05) is 0 Å². The van der Waals surface area contributed by atoms with E-state index in [1.54, 1.807) is 39.2 Å². The molecule has 0 fully saturated rings. The lowest BCUT2D eigenvalue weighted by molar-refractivity contribution is 0.103. The minimum absolute atomic E-state index is 0.611. The standard InChI is InChI=1S/C4H10O2.2C2H6OS/c1-5-3-4-6-2;2*1-4(2)3/h3-4H2,1-2H3;2*1-2H3. The summed E-state index contributed by atoms with van der Waals surface area (Å²) in [5.41, 5.74) is 0. The molecular formula is C8H22O4S2. The second-order valence-electron chi connectivity index (χ2n) is 2.47. The quantitative estimate of drug-likeness (QED) is 0.671. The molecule has 0 aliphatic heterocycles. The Morgan fingerprint density at radius 1 is 0.786 bits per heavy atom. The maximum Gasteiger partial charge on any atom is 0.0696 e. The van der Waals surface area contributed by atoms with Gasteiger partial charge in [0.15, 0.2) is 0 Å². The van der Waals surface area contributed by atoms with Crippen LogP contribution < -0.4 is 0 Å². The second-order valence-corrected chi connectivity index (χ2v) is 5.44. The maximum absolute atomic E-state index is 9.56. The summed E-state index contributed by atoms with van der Waals surface area (Å²) in [6.07, 6.45) is 6.56. The van der Waals surface area contributed by atoms with Crippen molar-refractivity contribution in [1.82, 2.24) is 0 Å². The summed E-state index contributed by atoms with van der Waals surface area (Å²) >= 11 is 0. The molecule has 6 heteroatoms. The first-order valence-electron chi connectivity index (χ1n) is 3.86. The largest absolute Gasteiger partial charge is 0.382 e. The van der Waals surface area contributed by atoms with Crippen LogP contribution in [0.1, 0.15) is 0 Å². The fraction of sp³-hybridized carbons (Fsp3) is 1.00. The molecule has 0 saturated carbocycles. The van der Waals surface area contributed by atoms with E-state index in [9.17, 15) is 8.42 Å². The van der Waals surface area contributed by atoms with Gasteiger partial charge in [-0.25, -0.2) is 0 Å². The second kappa shape index (κ2) is 18.9. The summed E-state index contributed by atoms with van der Waals surface area (Å²) in [6.45, 7) is 1.38. The molecule has 0 bridgehead atoms. The van der Waals surface area contributed by atoms with Crippen molar-refractivity contribution in [2.45, 2.75) is 0 Å². The molecule has 0 saturated heterocycles. The summed E-state index contributed by atoms with van der Waals surface area (Å²) in [7, 11) is 2.08. The Labute approximate surface area is 92.3 Å². The van der Waals surface area contributed by atoms with Crippen molar-refractivity contribution in [2.24, 2.45) is 0 Å². The van der Waals surface area contributed by atoms with Crippen molar-refractivity contribution >= 4 is 21.6 Å². The van der Waals surface area contributed by atoms with E-state index in [1.807, 2.05) is 0 Å². The summed E-state index contributed by atoms with van der Waals surface area (Å²) in [6, 6.07) is 0. The smallest absolute Gasteiger partial charge is 0.0696 e. The summed E-state index contributed by atoms with van der Waals surface area (Å²) in [5, 5.41) is 0. The Hall–Kier alpha value is 0.220. The van der Waals surface area contributed by atoms with E-state index >= 15 is 0 Å². The molecule has 0 heterocycles. The highest BCUT2D eigenvalue weighted by Gasteiger charge is 1.73. The van der Waals surface area contributed by atoms with Gasteiger partial charge in [-0.3, -0.25) is 8.42 Å². The summed E-state index contributed by atoms with van der Waals surface area (Å²) < 4.78 is 28.4. The number of hydrogen-bond acceptors (Lipinski definition) is 4. The minimum atomic E-state index is -0.611. The molecule has 90 valence electrons. The van der Waals surface area contributed by atoms with Crippen molar-refractivity contribution in [1.29, 1.82) is 0 Å². The first kappa shape index (κ1) is 19.7. The third kappa shape index (κ3) is 148. The van der Waals surface area contributed by atoms with Gasteiger partial charge in [0, 0.05) is 60.8 Å². The Morgan fingerprint density at radius 3 is 1.00 bits per heavy atom. The Balaban J connectivity index is -0.000000135. The van der Waals surface area contributed by atoms with Crippen molar-refractivity contribution in [3.05, 3.63) is 0 Å². The average Bonchev–Trinajstić information content (AvgIpc) is 1.98. The van der Waals surface area contributed by atoms with Gasteiger partial charge in [0.25, 0.3) is 0 Å². The van der Waals surface area contributed by atoms with Crippen LogP contribution in [0.2, 0.25) is 0 Å². The van der Waals surface area contributed by atoms with E-state index in [-0.39, 0.29) is 0 Å². The zero-order valence-electron chi connectivity index (χ0n) is 9.86. The van der Waals surface area contributed by atoms with Gasteiger partial charge >= 0.3 is 0 Å². The van der Waals surface area contributed by atoms with Crippen molar-refractivity contribution in [3.63, 3.8) is 0 Å². The Morgan fingerprint density at radius 2 is 0.929 bits per heavy atom. The molecule has 0 aromatic carbocycles. The zero-order chi connectivity index (χ0) is 12.0. The minimum Gasteiger partial charge on any atom is -0.382 e. The van der Waals surface area contributed by atoms with E-state index in [0.29, 0.717) is 13.2 Å². The Bertz CT molecular complexity index is 115. The fourth-order valence-corrected chi connectivity index (χ4v) is 0.167. The molecule has 0 aromatic heterocycles. The first-order valence-corrected chi connectivity index (χ1v) is 7.79. The van der Waals surface area contributed by atoms with Gasteiger partial charge in [0.2, 0.25) is 0 Å². The first-order chi connectivity index (χ1) is 6.38. The molecule has 0 aromatic rings. The molecule has 0 amide bonds. The van der Waals surface area contributed by atoms with Crippen LogP contribution >= 0.6 is 0 Å². The monoisotopic (exact) mass is 246 g/mol. The summed E-state index contributed by atoms with van der Waals surface area (Å²) in [5.74, 6) is 0. The normalized spacial score (nSPS) is 8.86. The SMILES string of the molecule is COCCOC.CS(C)=O.CS(C)=O. The highest BCUT2D eigenvalue weighted by Crippen LogP contribution is 1.65. The van der Waals surface area contributed by atoms with E-state index in [0.717, 1.165) is 0 Å². The number of methoxy groups -OCH3 is 2. The molecule has 0 radical (unpaired) electrons. The van der Waals surface area contributed by atoms with E-state index in [4.69, 9.17) is 0 Å². The molecule has 0 atom stereocenters. The molecular weight excluding hydrogens is 224 g/mol. The van der Waals surface area contributed by atoms with Gasteiger partial charge in [-0.15, -0.1) is 0 Å². The van der Waals surface area contributed by atoms with Gasteiger partial charge in [-0.2, -0.15) is 0 Å². The van der Waals surface area contributed by atoms with Gasteiger partial charge in [0.1, 0.15) is 0 Å². The molecule has 0 rings (SSSR count). The lowest BCUT2D eigenvalue weighted by Gasteiger charge is -1.91. The van der Waals surface area contributed by atoms with Crippen molar-refractivity contribution < 1.29 is 17.9 Å². The van der Waals surface area contributed by atoms with Gasteiger partial charge < -0.3 is 9.47 Å². The molecule has 4 nitrogen and oxygen atoms in total. The predicted octanol–water partition coefficient (Wildman–Crippen LogP) is 0.269. The van der Waals surface area contributed by atoms with Crippen LogP contribution in [0.25, 0.3) is 0 Å². The van der Waals surface area contributed by atoms with Crippen LogP contribution in [0.4, 0.5) is 0 Å². The van der Waals surface area contributed by atoms with E-state index in [1.165, 1.54) is 0 Å². The molecule has 0 aliphatic rings. The molecule has 0 unspecified atom stereocenters. The average molecular weight is 246 g/mol. The Kier molecular flexibility index (Phi) is 26.7. The number of hydrogen-bond donors (Lipinski definition) is 0. The molecule has 0 aliphatic carbocycles. The van der Waals surface area contributed by atoms with Gasteiger partial charge in [0.05, 0.1) is 13.2 Å². The fourth-order valence-electron chi connectivity index (χ4n) is 0.167. The third-order valence-corrected chi connectivity index (χ3v) is 0.492. The number of rotatable bonds is 3. The lowest BCUT2D eigenvalue weighted by atomic mass is 10.8. The lowest BCUT2D eigenvalue weighted by Crippen LogP contribution is -1.96. The predicted molar refractivity (Wildman–Crippen MR) is 63.7 cm³/mol. The highest BCUT2D eigenvalue weighted by atomic mass is 32.2. The number of ether oxygens (including phenoxy) is 2. The highest BCUT2D eigenvalue weighted by molar-refractivity contribution is 7.83. The van der Waals surface area contributed by atoms with Crippen LogP contribution in [0.5, 0.6) is 0 Å². The third-order valence-electron chi connectivity index (χ3n) is 0.492. The zero-order valence-corrected chi connectivity index (χ0v) is 11.5. The van der Waals surface area contributed by atoms with Crippen LogP contribution in [0.3, 0.4) is 0 Å². The van der Waals surface area contributed by atoms with Crippen molar-refractivity contribution in [3.8, 4) is 0 Å². The van der Waals surface area contributed by atoms with Crippen LogP contribution in [-0.2, 0) is 31.1 Å². The van der Waals surface area contributed by atoms with Crippen LogP contribution in [0, 0.1) is 0 Å². The van der Waals surface area contributed by atoms with E-state index < -0.39 is 21.6 Å². The van der Waals surface area contributed by atoms with Crippen molar-refractivity contribution in [2.75, 3.05) is 52.5 Å². The molecule has 0 N–H and O–H groups in total. The topological polar surface area (TPSA) is 52.6 Å². The summed E-state index contributed by atoms with van der Waals surface area (Å²) in [4.78, 5) is 0. The van der Waals surface area contributed by atoms with Gasteiger partial charge in [-0.05, 0) is 0 Å². The molecule has 0 spiro atoms. The maximum atomic E-state index is 9.56. The van der Waals surface area contributed by atoms with Crippen LogP contribution in [-0.4, -0.2) is 60.9 Å². The molecule has 14 heavy (non-hydrogen) atoms. The van der Waals surface area contributed by atoms with Crippen LogP contribution in [0.15, 0.2) is 0 Å².